The molecule has 0 N–H and O–H groups in total. The molecular weight excluding hydrogens is 321 g/mol. The van der Waals surface area contributed by atoms with Crippen molar-refractivity contribution in [1.82, 2.24) is 0 Å². The predicted molar refractivity (Wildman–Crippen MR) is 34.9 cm³/mol. The van der Waals surface area contributed by atoms with Crippen LogP contribution in [0.3, 0.4) is 0 Å². The maximum Gasteiger partial charge on any atom is 2.00 e. The van der Waals surface area contributed by atoms with E-state index in [1.165, 1.54) is 0 Å². The summed E-state index contributed by atoms with van der Waals surface area (Å²) >= 11 is 0. The van der Waals surface area contributed by atoms with Crippen LogP contribution in [0.4, 0.5) is 0 Å². The number of rotatable bonds is 3. The molecule has 0 radical (unpaired) electrons. The van der Waals surface area contributed by atoms with E-state index < -0.39 is 31.7 Å². The van der Waals surface area contributed by atoms with Crippen molar-refractivity contribution in [2.24, 2.45) is 0 Å². The van der Waals surface area contributed by atoms with Crippen molar-refractivity contribution in [3.05, 3.63) is 0 Å². The van der Waals surface area contributed by atoms with Gasteiger partial charge in [0.05, 0.1) is 31.7 Å². The van der Waals surface area contributed by atoms with Gasteiger partial charge < -0.3 is 9.11 Å². The third kappa shape index (κ3) is 14.3. The Balaban J connectivity index is 0. The van der Waals surface area contributed by atoms with Gasteiger partial charge in [0, 0.05) is 0 Å². The van der Waals surface area contributed by atoms with Gasteiger partial charge in [-0.1, -0.05) is 0 Å². The van der Waals surface area contributed by atoms with Gasteiger partial charge in [-0.25, -0.2) is 16.8 Å². The molecule has 0 aliphatic carbocycles. The second-order valence-corrected chi connectivity index (χ2v) is 4.57. The van der Waals surface area contributed by atoms with Crippen molar-refractivity contribution in [3.8, 4) is 0 Å². The fraction of sp³-hybridized carbons (Fsp3) is 1.00. The van der Waals surface area contributed by atoms with E-state index in [2.05, 4.69) is 0 Å². The Hall–Kier alpha value is 1.39. The average molecular weight is 326 g/mol. The van der Waals surface area contributed by atoms with E-state index in [1.807, 2.05) is 0 Å². The first kappa shape index (κ1) is 14.9. The molecule has 0 unspecified atom stereocenters. The van der Waals surface area contributed by atoms with E-state index in [4.69, 9.17) is 0 Å². The quantitative estimate of drug-likeness (QED) is 0.426. The van der Waals surface area contributed by atoms with E-state index in [-0.39, 0.29) is 48.9 Å². The molecule has 0 rings (SSSR count). The molecule has 0 aliphatic rings. The minimum absolute atomic E-state index is 0. The first-order valence-electron chi connectivity index (χ1n) is 2.08. The maximum absolute atomic E-state index is 9.72. The fourth-order valence-electron chi connectivity index (χ4n) is 0.204. The summed E-state index contributed by atoms with van der Waals surface area (Å²) in [5.74, 6) is -2.31. The van der Waals surface area contributed by atoms with E-state index in [1.54, 1.807) is 0 Å². The van der Waals surface area contributed by atoms with Gasteiger partial charge in [0.1, 0.15) is 0 Å². The Kier molecular flexibility index (Phi) is 7.03. The molecule has 9 heteroatoms. The molecule has 11 heavy (non-hydrogen) atoms. The van der Waals surface area contributed by atoms with E-state index in [0.717, 1.165) is 0 Å². The van der Waals surface area contributed by atoms with Gasteiger partial charge in [-0.05, 0) is 0 Å². The van der Waals surface area contributed by atoms with Crippen molar-refractivity contribution in [1.29, 1.82) is 0 Å². The average Bonchev–Trinajstić information content (AvgIpc) is 1.57. The molecule has 6 nitrogen and oxygen atoms in total. The van der Waals surface area contributed by atoms with Crippen molar-refractivity contribution >= 4 is 69.1 Å². The summed E-state index contributed by atoms with van der Waals surface area (Å²) in [6.07, 6.45) is 0. The van der Waals surface area contributed by atoms with Crippen molar-refractivity contribution in [2.45, 2.75) is 0 Å². The second-order valence-electron chi connectivity index (χ2n) is 1.52. The van der Waals surface area contributed by atoms with Gasteiger partial charge in [-0.3, -0.25) is 0 Å². The van der Waals surface area contributed by atoms with Crippen molar-refractivity contribution < 1.29 is 25.9 Å². The topological polar surface area (TPSA) is 114 Å². The van der Waals surface area contributed by atoms with Crippen LogP contribution < -0.4 is 0 Å². The zero-order chi connectivity index (χ0) is 8.41. The Labute approximate surface area is 105 Å². The summed E-state index contributed by atoms with van der Waals surface area (Å²) in [6, 6.07) is 0. The molecule has 0 saturated heterocycles. The molecule has 0 fully saturated rings. The number of hydrogen-bond donors (Lipinski definition) is 0. The zero-order valence-corrected chi connectivity index (χ0v) is 11.5. The molecule has 0 aromatic carbocycles. The molecule has 0 aromatic heterocycles. The summed E-state index contributed by atoms with van der Waals surface area (Å²) < 4.78 is 58.3. The smallest absolute Gasteiger partial charge is 0.748 e. The standard InChI is InChI=1S/C2H6O6S2.Ba/c3-9(4,5)1-2-10(6,7)8;/h1-2H2,(H,3,4,5)(H,6,7,8);/q;+2/p-2. The molecule has 0 spiro atoms. The second kappa shape index (κ2) is 5.19. The van der Waals surface area contributed by atoms with Gasteiger partial charge in [0.2, 0.25) is 0 Å². The van der Waals surface area contributed by atoms with Crippen LogP contribution in [0.15, 0.2) is 0 Å². The van der Waals surface area contributed by atoms with Gasteiger partial charge in [0.25, 0.3) is 0 Å². The normalized spacial score (nSPS) is 12.2. The minimum Gasteiger partial charge on any atom is -0.748 e. The van der Waals surface area contributed by atoms with Gasteiger partial charge in [-0.2, -0.15) is 0 Å². The Morgan fingerprint density at radius 2 is 1.00 bits per heavy atom. The van der Waals surface area contributed by atoms with Crippen LogP contribution in [0.25, 0.3) is 0 Å². The Morgan fingerprint density at radius 3 is 1.09 bits per heavy atom. The molecule has 0 heterocycles. The fourth-order valence-corrected chi connectivity index (χ4v) is 1.84. The van der Waals surface area contributed by atoms with Gasteiger partial charge >= 0.3 is 48.9 Å². The first-order valence-corrected chi connectivity index (χ1v) is 5.23. The molecule has 0 aliphatic heterocycles. The monoisotopic (exact) mass is 326 g/mol. The largest absolute Gasteiger partial charge is 2.00 e. The zero-order valence-electron chi connectivity index (χ0n) is 5.39. The summed E-state index contributed by atoms with van der Waals surface area (Å²) in [5, 5.41) is 0. The van der Waals surface area contributed by atoms with E-state index in [0.29, 0.717) is 0 Å². The summed E-state index contributed by atoms with van der Waals surface area (Å²) in [4.78, 5) is 0. The summed E-state index contributed by atoms with van der Waals surface area (Å²) in [5.41, 5.74) is 0. The van der Waals surface area contributed by atoms with Crippen LogP contribution in [-0.4, -0.2) is 86.3 Å². The van der Waals surface area contributed by atoms with Gasteiger partial charge in [-0.15, -0.1) is 0 Å². The Morgan fingerprint density at radius 1 is 0.818 bits per heavy atom. The molecule has 0 aromatic rings. The first-order chi connectivity index (χ1) is 4.21. The van der Waals surface area contributed by atoms with E-state index in [9.17, 15) is 25.9 Å². The SMILES string of the molecule is O=S(=O)([O-])CCS(=O)(=O)[O-].[Ba+2]. The summed E-state index contributed by atoms with van der Waals surface area (Å²) in [6.45, 7) is 0. The molecule has 0 atom stereocenters. The van der Waals surface area contributed by atoms with Gasteiger partial charge in [0.15, 0.2) is 0 Å². The molecular formula is C2H4BaO6S2. The molecule has 0 bridgehead atoms. The molecule has 62 valence electrons. The van der Waals surface area contributed by atoms with Crippen LogP contribution in [0.2, 0.25) is 0 Å². The van der Waals surface area contributed by atoms with Crippen molar-refractivity contribution in [2.75, 3.05) is 11.5 Å². The molecule has 0 amide bonds. The predicted octanol–water partition coefficient (Wildman–Crippen LogP) is -2.30. The van der Waals surface area contributed by atoms with Crippen LogP contribution in [0.5, 0.6) is 0 Å². The van der Waals surface area contributed by atoms with Crippen LogP contribution in [0, 0.1) is 0 Å². The van der Waals surface area contributed by atoms with Crippen LogP contribution in [0.1, 0.15) is 0 Å². The number of hydrogen-bond acceptors (Lipinski definition) is 6. The van der Waals surface area contributed by atoms with E-state index >= 15 is 0 Å². The van der Waals surface area contributed by atoms with Crippen LogP contribution >= 0.6 is 0 Å². The summed E-state index contributed by atoms with van der Waals surface area (Å²) in [7, 11) is -9.17. The maximum atomic E-state index is 9.72. The Bertz CT molecular complexity index is 255. The minimum atomic E-state index is -4.59. The van der Waals surface area contributed by atoms with Crippen LogP contribution in [-0.2, 0) is 20.2 Å². The third-order valence-electron chi connectivity index (χ3n) is 0.583. The van der Waals surface area contributed by atoms with Crippen molar-refractivity contribution in [3.63, 3.8) is 0 Å². The molecule has 0 saturated carbocycles. The third-order valence-corrected chi connectivity index (χ3v) is 2.25.